The molecule has 7 heteroatoms. The molecule has 0 amide bonds. The molecule has 6 nitrogen and oxygen atoms in total. The highest BCUT2D eigenvalue weighted by Crippen LogP contribution is 2.44. The van der Waals surface area contributed by atoms with Crippen LogP contribution in [0.25, 0.3) is 20.4 Å². The maximum atomic E-state index is 5.58. The van der Waals surface area contributed by atoms with Gasteiger partial charge in [0, 0.05) is 31.6 Å². The van der Waals surface area contributed by atoms with Gasteiger partial charge in [-0.3, -0.25) is 0 Å². The lowest BCUT2D eigenvalue weighted by Crippen LogP contribution is -2.37. The van der Waals surface area contributed by atoms with Gasteiger partial charge in [-0.2, -0.15) is 0 Å². The van der Waals surface area contributed by atoms with Gasteiger partial charge in [0.15, 0.2) is 0 Å². The molecule has 152 valence electrons. The van der Waals surface area contributed by atoms with Crippen LogP contribution in [0, 0.1) is 5.92 Å². The van der Waals surface area contributed by atoms with E-state index >= 15 is 0 Å². The molecule has 0 unspecified atom stereocenters. The molecule has 5 heterocycles. The van der Waals surface area contributed by atoms with Crippen LogP contribution >= 0.6 is 11.3 Å². The zero-order valence-corrected chi connectivity index (χ0v) is 17.8. The molecule has 3 aromatic heterocycles. The summed E-state index contributed by atoms with van der Waals surface area (Å²) < 4.78 is 6.80. The third kappa shape index (κ3) is 2.89. The Morgan fingerprint density at radius 3 is 2.55 bits per heavy atom. The van der Waals surface area contributed by atoms with E-state index in [2.05, 4.69) is 16.7 Å². The second-order valence-electron chi connectivity index (χ2n) is 8.67. The molecule has 1 aliphatic carbocycles. The Hall–Kier alpha value is -1.99. The first-order chi connectivity index (χ1) is 14.3. The van der Waals surface area contributed by atoms with Crippen LogP contribution in [0.15, 0.2) is 6.33 Å². The predicted octanol–water partition coefficient (Wildman–Crippen LogP) is 3.80. The van der Waals surface area contributed by atoms with Gasteiger partial charge in [0.2, 0.25) is 0 Å². The van der Waals surface area contributed by atoms with Crippen LogP contribution in [-0.2, 0) is 17.6 Å². The third-order valence-electron chi connectivity index (χ3n) is 6.83. The molecule has 2 fully saturated rings. The molecule has 6 rings (SSSR count). The molecule has 0 spiro atoms. The lowest BCUT2D eigenvalue weighted by atomic mass is 9.99. The third-order valence-corrected chi connectivity index (χ3v) is 7.89. The number of ether oxygens (including phenoxy) is 1. The second-order valence-corrected chi connectivity index (χ2v) is 9.67. The Morgan fingerprint density at radius 2 is 1.72 bits per heavy atom. The average molecular weight is 410 g/mol. The Bertz CT molecular complexity index is 1070. The highest BCUT2D eigenvalue weighted by atomic mass is 32.1. The van der Waals surface area contributed by atoms with Gasteiger partial charge in [0.1, 0.15) is 22.8 Å². The van der Waals surface area contributed by atoms with E-state index in [1.165, 1.54) is 46.3 Å². The van der Waals surface area contributed by atoms with E-state index in [1.54, 1.807) is 17.7 Å². The van der Waals surface area contributed by atoms with Crippen LogP contribution in [-0.4, -0.2) is 54.3 Å². The van der Waals surface area contributed by atoms with Crippen LogP contribution in [0.3, 0.4) is 0 Å². The fourth-order valence-corrected chi connectivity index (χ4v) is 6.32. The SMILES string of the molecule is CC1CCN(c2ncnc3c2sc2nc(N4CCOCC4)c4c(c23)CCC4)CC1. The van der Waals surface area contributed by atoms with Crippen molar-refractivity contribution >= 4 is 43.4 Å². The number of fused-ring (bicyclic) bond motifs is 5. The van der Waals surface area contributed by atoms with Crippen molar-refractivity contribution in [1.29, 1.82) is 0 Å². The average Bonchev–Trinajstić information content (AvgIpc) is 3.38. The Morgan fingerprint density at radius 1 is 0.966 bits per heavy atom. The van der Waals surface area contributed by atoms with Crippen LogP contribution in [0.4, 0.5) is 11.6 Å². The fourth-order valence-electron chi connectivity index (χ4n) is 5.15. The molecule has 2 aliphatic heterocycles. The maximum absolute atomic E-state index is 5.58. The van der Waals surface area contributed by atoms with Gasteiger partial charge in [0.25, 0.3) is 0 Å². The number of morpholine rings is 1. The van der Waals surface area contributed by atoms with Gasteiger partial charge in [-0.1, -0.05) is 6.92 Å². The summed E-state index contributed by atoms with van der Waals surface area (Å²) in [6, 6.07) is 0. The molecular formula is C22H27N5OS. The normalized spacial score (nSPS) is 20.7. The van der Waals surface area contributed by atoms with Crippen molar-refractivity contribution in [2.75, 3.05) is 49.2 Å². The molecule has 0 N–H and O–H groups in total. The summed E-state index contributed by atoms with van der Waals surface area (Å²) in [5.41, 5.74) is 4.05. The van der Waals surface area contributed by atoms with E-state index in [-0.39, 0.29) is 0 Å². The molecular weight excluding hydrogens is 382 g/mol. The number of aromatic nitrogens is 3. The van der Waals surface area contributed by atoms with Gasteiger partial charge < -0.3 is 14.5 Å². The van der Waals surface area contributed by atoms with Gasteiger partial charge in [-0.15, -0.1) is 11.3 Å². The minimum Gasteiger partial charge on any atom is -0.378 e. The topological polar surface area (TPSA) is 54.4 Å². The molecule has 29 heavy (non-hydrogen) atoms. The predicted molar refractivity (Wildman–Crippen MR) is 118 cm³/mol. The number of anilines is 2. The summed E-state index contributed by atoms with van der Waals surface area (Å²) in [6.07, 6.45) is 7.73. The summed E-state index contributed by atoms with van der Waals surface area (Å²) in [6.45, 7) is 8.00. The summed E-state index contributed by atoms with van der Waals surface area (Å²) in [4.78, 5) is 20.7. The monoisotopic (exact) mass is 409 g/mol. The van der Waals surface area contributed by atoms with Crippen molar-refractivity contribution in [2.45, 2.75) is 39.0 Å². The first-order valence-corrected chi connectivity index (χ1v) is 11.8. The number of aryl methyl sites for hydroxylation is 1. The van der Waals surface area contributed by atoms with Crippen LogP contribution < -0.4 is 9.80 Å². The molecule has 0 bridgehead atoms. The van der Waals surface area contributed by atoms with Crippen molar-refractivity contribution in [2.24, 2.45) is 5.92 Å². The highest BCUT2D eigenvalue weighted by molar-refractivity contribution is 7.26. The summed E-state index contributed by atoms with van der Waals surface area (Å²) in [7, 11) is 0. The number of hydrogen-bond acceptors (Lipinski definition) is 7. The number of rotatable bonds is 2. The quantitative estimate of drug-likeness (QED) is 0.642. The van der Waals surface area contributed by atoms with E-state index in [9.17, 15) is 0 Å². The molecule has 3 aliphatic rings. The van der Waals surface area contributed by atoms with Crippen LogP contribution in [0.5, 0.6) is 0 Å². The van der Waals surface area contributed by atoms with Crippen molar-refractivity contribution in [3.63, 3.8) is 0 Å². The lowest BCUT2D eigenvalue weighted by molar-refractivity contribution is 0.122. The first kappa shape index (κ1) is 17.8. The van der Waals surface area contributed by atoms with E-state index in [0.717, 1.165) is 74.3 Å². The number of thiophene rings is 1. The highest BCUT2D eigenvalue weighted by Gasteiger charge is 2.28. The Labute approximate surface area is 174 Å². The van der Waals surface area contributed by atoms with Gasteiger partial charge in [0.05, 0.1) is 23.4 Å². The van der Waals surface area contributed by atoms with Gasteiger partial charge in [-0.25, -0.2) is 15.0 Å². The number of pyridine rings is 1. The second kappa shape index (κ2) is 7.06. The van der Waals surface area contributed by atoms with Gasteiger partial charge in [-0.05, 0) is 49.1 Å². The van der Waals surface area contributed by atoms with E-state index in [0.29, 0.717) is 0 Å². The molecule has 0 radical (unpaired) electrons. The summed E-state index contributed by atoms with van der Waals surface area (Å²) in [5.74, 6) is 3.12. The number of piperidine rings is 1. The lowest BCUT2D eigenvalue weighted by Gasteiger charge is -2.31. The largest absolute Gasteiger partial charge is 0.378 e. The molecule has 0 atom stereocenters. The minimum absolute atomic E-state index is 0.796. The van der Waals surface area contributed by atoms with Crippen molar-refractivity contribution in [3.8, 4) is 0 Å². The van der Waals surface area contributed by atoms with Crippen molar-refractivity contribution in [1.82, 2.24) is 15.0 Å². The van der Waals surface area contributed by atoms with Crippen LogP contribution in [0.1, 0.15) is 37.3 Å². The van der Waals surface area contributed by atoms with Gasteiger partial charge >= 0.3 is 0 Å². The molecule has 3 aromatic rings. The Kier molecular flexibility index (Phi) is 4.34. The van der Waals surface area contributed by atoms with E-state index < -0.39 is 0 Å². The number of nitrogens with zero attached hydrogens (tertiary/aromatic N) is 5. The maximum Gasteiger partial charge on any atom is 0.150 e. The molecule has 0 saturated carbocycles. The van der Waals surface area contributed by atoms with E-state index in [4.69, 9.17) is 19.7 Å². The van der Waals surface area contributed by atoms with Crippen LogP contribution in [0.2, 0.25) is 0 Å². The van der Waals surface area contributed by atoms with Crippen molar-refractivity contribution < 1.29 is 4.74 Å². The first-order valence-electron chi connectivity index (χ1n) is 11.0. The zero-order valence-electron chi connectivity index (χ0n) is 17.0. The smallest absolute Gasteiger partial charge is 0.150 e. The minimum atomic E-state index is 0.796. The Balaban J connectivity index is 1.52. The molecule has 2 saturated heterocycles. The zero-order chi connectivity index (χ0) is 19.4. The van der Waals surface area contributed by atoms with Crippen molar-refractivity contribution in [3.05, 3.63) is 17.5 Å². The molecule has 0 aromatic carbocycles. The van der Waals surface area contributed by atoms with E-state index in [1.807, 2.05) is 0 Å². The fraction of sp³-hybridized carbons (Fsp3) is 0.591. The number of hydrogen-bond donors (Lipinski definition) is 0. The summed E-state index contributed by atoms with van der Waals surface area (Å²) in [5, 5.41) is 1.29. The standard InChI is InChI=1S/C22H27N5OS/c1-14-5-7-26(8-6-14)21-19-18(23-13-24-21)17-15-3-2-4-16(15)20(25-22(17)29-19)27-9-11-28-12-10-27/h13-14H,2-12H2,1H3. The summed E-state index contributed by atoms with van der Waals surface area (Å²) >= 11 is 1.79.